The molecule has 0 aliphatic carbocycles. The topological polar surface area (TPSA) is 20.2 Å². The lowest BCUT2D eigenvalue weighted by Gasteiger charge is -2.51. The van der Waals surface area contributed by atoms with Gasteiger partial charge in [0.25, 0.3) is 0 Å². The van der Waals surface area contributed by atoms with E-state index in [1.165, 1.54) is 80.7 Å². The number of fused-ring (bicyclic) bond motifs is 8. The van der Waals surface area contributed by atoms with Crippen molar-refractivity contribution in [3.05, 3.63) is 193 Å². The number of nitrogens with zero attached hydrogens (tertiary/aromatic N) is 2. The minimum absolute atomic E-state index is 0.0987. The Morgan fingerprint density at radius 3 is 1.75 bits per heavy atom. The quantitative estimate of drug-likeness (QED) is 0.195. The molecular formula is C48H33N3S. The minimum atomic E-state index is 0.0987. The van der Waals surface area contributed by atoms with Gasteiger partial charge in [-0.2, -0.15) is 0 Å². The summed E-state index contributed by atoms with van der Waals surface area (Å²) in [7, 11) is 0. The Bertz CT molecular complexity index is 2900. The van der Waals surface area contributed by atoms with Gasteiger partial charge in [0.2, 0.25) is 0 Å². The molecule has 0 saturated carbocycles. The molecule has 1 saturated heterocycles. The normalized spacial score (nSPS) is 16.0. The number of benzene rings is 8. The highest BCUT2D eigenvalue weighted by atomic mass is 32.1. The summed E-state index contributed by atoms with van der Waals surface area (Å²) < 4.78 is 5.11. The van der Waals surface area contributed by atoms with Crippen molar-refractivity contribution in [3.63, 3.8) is 0 Å². The largest absolute Gasteiger partial charge is 0.332 e. The molecule has 2 aromatic heterocycles. The first-order chi connectivity index (χ1) is 25.8. The second kappa shape index (κ2) is 11.7. The maximum absolute atomic E-state index is 3.83. The van der Waals surface area contributed by atoms with E-state index in [0.717, 1.165) is 5.69 Å². The van der Waals surface area contributed by atoms with Crippen LogP contribution in [0, 0.1) is 0 Å². The van der Waals surface area contributed by atoms with Crippen molar-refractivity contribution in [1.82, 2.24) is 9.88 Å². The number of hydrogen-bond donors (Lipinski definition) is 1. The molecule has 2 atom stereocenters. The fourth-order valence-electron chi connectivity index (χ4n) is 8.39. The molecule has 246 valence electrons. The molecule has 4 heteroatoms. The molecule has 2 unspecified atom stereocenters. The lowest BCUT2D eigenvalue weighted by atomic mass is 9.99. The Labute approximate surface area is 305 Å². The van der Waals surface area contributed by atoms with Crippen molar-refractivity contribution in [1.29, 1.82) is 0 Å². The molecule has 0 bridgehead atoms. The molecule has 52 heavy (non-hydrogen) atoms. The van der Waals surface area contributed by atoms with Gasteiger partial charge >= 0.3 is 0 Å². The van der Waals surface area contributed by atoms with Crippen molar-refractivity contribution in [3.8, 4) is 16.8 Å². The number of rotatable bonds is 5. The average Bonchev–Trinajstić information content (AvgIpc) is 3.74. The highest BCUT2D eigenvalue weighted by Crippen LogP contribution is 2.44. The number of anilines is 1. The Balaban J connectivity index is 1.06. The van der Waals surface area contributed by atoms with Crippen LogP contribution >= 0.6 is 11.3 Å². The summed E-state index contributed by atoms with van der Waals surface area (Å²) in [5, 5.41) is 11.6. The van der Waals surface area contributed by atoms with Gasteiger partial charge in [-0.05, 0) is 93.7 Å². The van der Waals surface area contributed by atoms with E-state index in [9.17, 15) is 0 Å². The van der Waals surface area contributed by atoms with Crippen molar-refractivity contribution in [2.24, 2.45) is 0 Å². The maximum atomic E-state index is 3.83. The zero-order valence-electron chi connectivity index (χ0n) is 28.3. The molecular weight excluding hydrogens is 651 g/mol. The zero-order valence-corrected chi connectivity index (χ0v) is 29.1. The number of nitrogens with one attached hydrogen (secondary N) is 1. The molecule has 10 aromatic rings. The van der Waals surface area contributed by atoms with Crippen LogP contribution in [0.2, 0.25) is 0 Å². The van der Waals surface area contributed by atoms with Gasteiger partial charge in [-0.3, -0.25) is 5.32 Å². The zero-order chi connectivity index (χ0) is 34.2. The third kappa shape index (κ3) is 4.55. The molecule has 3 nitrogen and oxygen atoms in total. The van der Waals surface area contributed by atoms with Crippen molar-refractivity contribution in [2.45, 2.75) is 12.3 Å². The third-order valence-corrected chi connectivity index (χ3v) is 12.0. The van der Waals surface area contributed by atoms with Crippen LogP contribution in [0.1, 0.15) is 23.5 Å². The van der Waals surface area contributed by atoms with Gasteiger partial charge in [0.15, 0.2) is 0 Å². The number of thiophene rings is 1. The van der Waals surface area contributed by atoms with Gasteiger partial charge in [0.1, 0.15) is 12.3 Å². The first kappa shape index (κ1) is 29.5. The molecule has 1 fully saturated rings. The average molecular weight is 684 g/mol. The van der Waals surface area contributed by atoms with Gasteiger partial charge in [-0.25, -0.2) is 0 Å². The van der Waals surface area contributed by atoms with E-state index in [1.807, 2.05) is 11.3 Å². The fraction of sp³-hybridized carbons (Fsp3) is 0.0417. The number of hydrogen-bond acceptors (Lipinski definition) is 3. The highest BCUT2D eigenvalue weighted by Gasteiger charge is 2.39. The van der Waals surface area contributed by atoms with Crippen LogP contribution in [-0.2, 0) is 0 Å². The summed E-state index contributed by atoms with van der Waals surface area (Å²) in [5.74, 6) is 0. The monoisotopic (exact) mass is 683 g/mol. The van der Waals surface area contributed by atoms with Crippen LogP contribution in [0.5, 0.6) is 0 Å². The summed E-state index contributed by atoms with van der Waals surface area (Å²) in [5.41, 5.74) is 9.76. The van der Waals surface area contributed by atoms with Crippen LogP contribution in [0.25, 0.3) is 69.6 Å². The summed E-state index contributed by atoms with van der Waals surface area (Å²) in [6.07, 6.45) is 0.197. The maximum Gasteiger partial charge on any atom is 0.109 e. The molecule has 1 aliphatic rings. The van der Waals surface area contributed by atoms with E-state index in [1.54, 1.807) is 0 Å². The van der Waals surface area contributed by atoms with Gasteiger partial charge < -0.3 is 9.47 Å². The molecule has 0 radical (unpaired) electrons. The standard InChI is InChI=1S/C48H33N3S/c1-3-12-32(13-4-1)47-49-48(33-14-5-2-6-15-33)51(47)37-24-22-36(23-25-37)50-42-26-20-34(30-41(42)46-38-16-8-7-11-31(38)19-27-43(46)50)35-21-28-45-40(29-35)39-17-9-10-18-44(39)52-45/h1-30,47-49H. The van der Waals surface area contributed by atoms with Crippen molar-refractivity contribution >= 4 is 69.8 Å². The Morgan fingerprint density at radius 1 is 0.423 bits per heavy atom. The predicted octanol–water partition coefficient (Wildman–Crippen LogP) is 12.8. The molecule has 0 amide bonds. The molecule has 11 rings (SSSR count). The van der Waals surface area contributed by atoms with E-state index < -0.39 is 0 Å². The van der Waals surface area contributed by atoms with Crippen molar-refractivity contribution in [2.75, 3.05) is 4.90 Å². The lowest BCUT2D eigenvalue weighted by Crippen LogP contribution is -2.57. The minimum Gasteiger partial charge on any atom is -0.332 e. The second-order valence-corrected chi connectivity index (χ2v) is 14.9. The molecule has 1 aliphatic heterocycles. The van der Waals surface area contributed by atoms with Gasteiger partial charge in [0, 0.05) is 42.3 Å². The molecule has 1 N–H and O–H groups in total. The second-order valence-electron chi connectivity index (χ2n) is 13.8. The Morgan fingerprint density at radius 2 is 1.00 bits per heavy atom. The van der Waals surface area contributed by atoms with E-state index in [2.05, 4.69) is 197 Å². The summed E-state index contributed by atoms with van der Waals surface area (Å²) in [4.78, 5) is 2.49. The van der Waals surface area contributed by atoms with Crippen LogP contribution in [0.3, 0.4) is 0 Å². The van der Waals surface area contributed by atoms with Crippen LogP contribution < -0.4 is 10.2 Å². The summed E-state index contributed by atoms with van der Waals surface area (Å²) >= 11 is 1.87. The smallest absolute Gasteiger partial charge is 0.109 e. The molecule has 0 spiro atoms. The molecule has 8 aromatic carbocycles. The first-order valence-corrected chi connectivity index (χ1v) is 18.7. The SMILES string of the molecule is c1ccc(C2NC(c3ccccc3)N2c2ccc(-n3c4ccc(-c5ccc6sc7ccccc7c6c5)cc4c4c5ccccc5ccc43)cc2)cc1. The Kier molecular flexibility index (Phi) is 6.63. The number of aromatic nitrogens is 1. The predicted molar refractivity (Wildman–Crippen MR) is 221 cm³/mol. The van der Waals surface area contributed by atoms with Crippen LogP contribution in [0.4, 0.5) is 5.69 Å². The van der Waals surface area contributed by atoms with Gasteiger partial charge in [-0.1, -0.05) is 121 Å². The van der Waals surface area contributed by atoms with E-state index in [-0.39, 0.29) is 12.3 Å². The van der Waals surface area contributed by atoms with E-state index in [0.29, 0.717) is 0 Å². The summed E-state index contributed by atoms with van der Waals surface area (Å²) in [6.45, 7) is 0. The van der Waals surface area contributed by atoms with Crippen LogP contribution in [-0.4, -0.2) is 4.57 Å². The van der Waals surface area contributed by atoms with E-state index in [4.69, 9.17) is 0 Å². The van der Waals surface area contributed by atoms with Gasteiger partial charge in [0.05, 0.1) is 11.0 Å². The fourth-order valence-corrected chi connectivity index (χ4v) is 9.47. The van der Waals surface area contributed by atoms with Gasteiger partial charge in [-0.15, -0.1) is 11.3 Å². The van der Waals surface area contributed by atoms with Crippen LogP contribution in [0.15, 0.2) is 182 Å². The van der Waals surface area contributed by atoms with Crippen molar-refractivity contribution < 1.29 is 0 Å². The third-order valence-electron chi connectivity index (χ3n) is 10.9. The highest BCUT2D eigenvalue weighted by molar-refractivity contribution is 7.25. The lowest BCUT2D eigenvalue weighted by molar-refractivity contribution is 0.276. The molecule has 3 heterocycles. The van der Waals surface area contributed by atoms with E-state index >= 15 is 0 Å². The first-order valence-electron chi connectivity index (χ1n) is 17.9. The summed E-state index contributed by atoms with van der Waals surface area (Å²) in [6, 6.07) is 66.7. The Hall–Kier alpha value is -6.20.